The molecular weight excluding hydrogens is 386 g/mol. The van der Waals surface area contributed by atoms with Crippen molar-refractivity contribution in [3.8, 4) is 0 Å². The van der Waals surface area contributed by atoms with Gasteiger partial charge in [-0.05, 0) is 49.4 Å². The van der Waals surface area contributed by atoms with Crippen LogP contribution in [0.5, 0.6) is 0 Å². The SMILES string of the molecule is CC(OC(=O)c1cccc(NS(C)(=O)=O)c1)C(=O)Nc1ccc(C(N)=O)cc1. The minimum atomic E-state index is -3.49. The summed E-state index contributed by atoms with van der Waals surface area (Å²) < 4.78 is 29.9. The summed E-state index contributed by atoms with van der Waals surface area (Å²) in [6.07, 6.45) is -0.129. The highest BCUT2D eigenvalue weighted by atomic mass is 32.2. The second-order valence-electron chi connectivity index (χ2n) is 5.93. The summed E-state index contributed by atoms with van der Waals surface area (Å²) in [6, 6.07) is 11.6. The first-order chi connectivity index (χ1) is 13.0. The van der Waals surface area contributed by atoms with Crippen molar-refractivity contribution < 1.29 is 27.5 Å². The predicted molar refractivity (Wildman–Crippen MR) is 103 cm³/mol. The van der Waals surface area contributed by atoms with Crippen LogP contribution in [0.1, 0.15) is 27.6 Å². The monoisotopic (exact) mass is 405 g/mol. The number of sulfonamides is 1. The summed E-state index contributed by atoms with van der Waals surface area (Å²) in [5.74, 6) is -1.96. The van der Waals surface area contributed by atoms with Gasteiger partial charge in [0.1, 0.15) is 0 Å². The van der Waals surface area contributed by atoms with Gasteiger partial charge in [0, 0.05) is 16.9 Å². The number of nitrogens with one attached hydrogen (secondary N) is 2. The molecule has 148 valence electrons. The summed E-state index contributed by atoms with van der Waals surface area (Å²) >= 11 is 0. The molecule has 0 aliphatic heterocycles. The maximum Gasteiger partial charge on any atom is 0.338 e. The van der Waals surface area contributed by atoms with Crippen molar-refractivity contribution in [1.29, 1.82) is 0 Å². The first kappa shape index (κ1) is 20.9. The quantitative estimate of drug-likeness (QED) is 0.593. The van der Waals surface area contributed by atoms with E-state index in [0.29, 0.717) is 11.3 Å². The maximum atomic E-state index is 12.2. The van der Waals surface area contributed by atoms with Crippen molar-refractivity contribution in [3.63, 3.8) is 0 Å². The van der Waals surface area contributed by atoms with E-state index < -0.39 is 33.9 Å². The summed E-state index contributed by atoms with van der Waals surface area (Å²) in [6.45, 7) is 1.39. The second-order valence-corrected chi connectivity index (χ2v) is 7.68. The molecule has 2 rings (SSSR count). The molecule has 0 spiro atoms. The number of primary amides is 1. The van der Waals surface area contributed by atoms with Gasteiger partial charge in [-0.2, -0.15) is 0 Å². The van der Waals surface area contributed by atoms with E-state index >= 15 is 0 Å². The predicted octanol–water partition coefficient (Wildman–Crippen LogP) is 1.34. The van der Waals surface area contributed by atoms with E-state index in [1.165, 1.54) is 55.5 Å². The number of benzene rings is 2. The first-order valence-electron chi connectivity index (χ1n) is 8.05. The Bertz CT molecular complexity index is 1000. The third kappa shape index (κ3) is 6.09. The van der Waals surface area contributed by atoms with Crippen LogP contribution in [0.2, 0.25) is 0 Å². The van der Waals surface area contributed by atoms with Gasteiger partial charge in [0.15, 0.2) is 6.10 Å². The largest absolute Gasteiger partial charge is 0.449 e. The number of carbonyl (C=O) groups excluding carboxylic acids is 3. The number of esters is 1. The zero-order valence-corrected chi connectivity index (χ0v) is 15.9. The highest BCUT2D eigenvalue weighted by Crippen LogP contribution is 2.15. The lowest BCUT2D eigenvalue weighted by atomic mass is 10.2. The van der Waals surface area contributed by atoms with Crippen molar-refractivity contribution >= 4 is 39.2 Å². The summed E-state index contributed by atoms with van der Waals surface area (Å²) in [5.41, 5.74) is 6.12. The molecule has 2 amide bonds. The number of amides is 2. The molecule has 0 bridgehead atoms. The summed E-state index contributed by atoms with van der Waals surface area (Å²) in [4.78, 5) is 35.4. The average molecular weight is 405 g/mol. The van der Waals surface area contributed by atoms with Gasteiger partial charge in [-0.15, -0.1) is 0 Å². The fourth-order valence-corrected chi connectivity index (χ4v) is 2.72. The van der Waals surface area contributed by atoms with Crippen LogP contribution in [0.25, 0.3) is 0 Å². The summed E-state index contributed by atoms with van der Waals surface area (Å²) in [5, 5.41) is 2.55. The molecule has 4 N–H and O–H groups in total. The topological polar surface area (TPSA) is 145 Å². The number of rotatable bonds is 7. The van der Waals surface area contributed by atoms with Crippen molar-refractivity contribution in [1.82, 2.24) is 0 Å². The van der Waals surface area contributed by atoms with Crippen molar-refractivity contribution in [2.24, 2.45) is 5.73 Å². The van der Waals surface area contributed by atoms with Crippen molar-refractivity contribution in [2.75, 3.05) is 16.3 Å². The fraction of sp³-hybridized carbons (Fsp3) is 0.167. The average Bonchev–Trinajstić information content (AvgIpc) is 2.60. The zero-order chi connectivity index (χ0) is 20.9. The fourth-order valence-electron chi connectivity index (χ4n) is 2.17. The Morgan fingerprint density at radius 1 is 1.00 bits per heavy atom. The number of hydrogen-bond donors (Lipinski definition) is 3. The first-order valence-corrected chi connectivity index (χ1v) is 9.94. The Balaban J connectivity index is 2.00. The Morgan fingerprint density at radius 3 is 2.21 bits per heavy atom. The van der Waals surface area contributed by atoms with Crippen LogP contribution in [0.15, 0.2) is 48.5 Å². The van der Waals surface area contributed by atoms with Crippen molar-refractivity contribution in [2.45, 2.75) is 13.0 Å². The number of ether oxygens (including phenoxy) is 1. The lowest BCUT2D eigenvalue weighted by Crippen LogP contribution is -2.30. The van der Waals surface area contributed by atoms with E-state index in [9.17, 15) is 22.8 Å². The normalized spacial score (nSPS) is 11.9. The lowest BCUT2D eigenvalue weighted by Gasteiger charge is -2.14. The third-order valence-corrected chi connectivity index (χ3v) is 4.10. The van der Waals surface area contributed by atoms with Crippen molar-refractivity contribution in [3.05, 3.63) is 59.7 Å². The van der Waals surface area contributed by atoms with Gasteiger partial charge < -0.3 is 15.8 Å². The molecule has 28 heavy (non-hydrogen) atoms. The van der Waals surface area contributed by atoms with Crippen LogP contribution in [-0.4, -0.2) is 38.6 Å². The van der Waals surface area contributed by atoms with E-state index in [1.54, 1.807) is 0 Å². The van der Waals surface area contributed by atoms with E-state index in [1.807, 2.05) is 0 Å². The van der Waals surface area contributed by atoms with E-state index in [4.69, 9.17) is 10.5 Å². The standard InChI is InChI=1S/C18H19N3O6S/c1-11(17(23)20-14-8-6-12(7-9-14)16(19)22)27-18(24)13-4-3-5-15(10-13)21-28(2,25)26/h3-11,21H,1-2H3,(H2,19,22)(H,20,23). The molecule has 0 fully saturated rings. The Kier molecular flexibility index (Phi) is 6.37. The number of carbonyl (C=O) groups is 3. The highest BCUT2D eigenvalue weighted by Gasteiger charge is 2.19. The van der Waals surface area contributed by atoms with Gasteiger partial charge in [-0.25, -0.2) is 13.2 Å². The second kappa shape index (κ2) is 8.53. The number of anilines is 2. The molecule has 0 saturated heterocycles. The highest BCUT2D eigenvalue weighted by molar-refractivity contribution is 7.92. The van der Waals surface area contributed by atoms with Crippen LogP contribution in [0.4, 0.5) is 11.4 Å². The minimum absolute atomic E-state index is 0.0825. The molecule has 10 heteroatoms. The third-order valence-electron chi connectivity index (χ3n) is 3.49. The lowest BCUT2D eigenvalue weighted by molar-refractivity contribution is -0.123. The maximum absolute atomic E-state index is 12.2. The molecule has 0 saturated carbocycles. The summed E-state index contributed by atoms with van der Waals surface area (Å²) in [7, 11) is -3.49. The van der Waals surface area contributed by atoms with Crippen LogP contribution in [0.3, 0.4) is 0 Å². The Labute approximate surface area is 161 Å². The molecule has 1 unspecified atom stereocenters. The van der Waals surface area contributed by atoms with Crippen LogP contribution in [0, 0.1) is 0 Å². The molecule has 0 heterocycles. The van der Waals surface area contributed by atoms with E-state index in [-0.39, 0.29) is 11.3 Å². The van der Waals surface area contributed by atoms with Gasteiger partial charge >= 0.3 is 5.97 Å². The van der Waals surface area contributed by atoms with Gasteiger partial charge in [0.2, 0.25) is 15.9 Å². The molecule has 0 aliphatic carbocycles. The molecule has 2 aromatic carbocycles. The molecule has 0 aliphatic rings. The molecule has 2 aromatic rings. The van der Waals surface area contributed by atoms with Gasteiger partial charge in [-0.3, -0.25) is 14.3 Å². The minimum Gasteiger partial charge on any atom is -0.449 e. The Hall–Kier alpha value is -3.40. The molecular formula is C18H19N3O6S. The van der Waals surface area contributed by atoms with E-state index in [2.05, 4.69) is 10.0 Å². The Morgan fingerprint density at radius 2 is 1.64 bits per heavy atom. The van der Waals surface area contributed by atoms with Crippen LogP contribution >= 0.6 is 0 Å². The van der Waals surface area contributed by atoms with Gasteiger partial charge in [-0.1, -0.05) is 6.07 Å². The van der Waals surface area contributed by atoms with Crippen LogP contribution < -0.4 is 15.8 Å². The zero-order valence-electron chi connectivity index (χ0n) is 15.1. The number of nitrogens with two attached hydrogens (primary N) is 1. The molecule has 9 nitrogen and oxygen atoms in total. The van der Waals surface area contributed by atoms with Gasteiger partial charge in [0.25, 0.3) is 5.91 Å². The molecule has 0 radical (unpaired) electrons. The van der Waals surface area contributed by atoms with E-state index in [0.717, 1.165) is 6.26 Å². The number of hydrogen-bond acceptors (Lipinski definition) is 6. The van der Waals surface area contributed by atoms with Gasteiger partial charge in [0.05, 0.1) is 11.8 Å². The van der Waals surface area contributed by atoms with Crippen LogP contribution in [-0.2, 0) is 19.6 Å². The molecule has 0 aromatic heterocycles. The molecule has 1 atom stereocenters. The smallest absolute Gasteiger partial charge is 0.338 e.